The first kappa shape index (κ1) is 12.7. The molecule has 102 valence electrons. The normalized spacial score (nSPS) is 16.4. The smallest absolute Gasteiger partial charge is 0.200 e. The summed E-state index contributed by atoms with van der Waals surface area (Å²) in [6, 6.07) is 15.7. The average molecular weight is 267 g/mol. The van der Waals surface area contributed by atoms with Gasteiger partial charge in [-0.05, 0) is 49.2 Å². The second-order valence-electron chi connectivity index (χ2n) is 5.15. The van der Waals surface area contributed by atoms with Gasteiger partial charge in [-0.15, -0.1) is 0 Å². The average Bonchev–Trinajstić information content (AvgIpc) is 2.85. The second kappa shape index (κ2) is 5.37. The van der Waals surface area contributed by atoms with Gasteiger partial charge in [0.15, 0.2) is 12.4 Å². The molecule has 0 aliphatic carbocycles. The highest BCUT2D eigenvalue weighted by atomic mass is 16.5. The van der Waals surface area contributed by atoms with Crippen LogP contribution in [0.1, 0.15) is 22.8 Å². The summed E-state index contributed by atoms with van der Waals surface area (Å²) in [5.41, 5.74) is 3.07. The molecular formula is C17H17NO2. The van der Waals surface area contributed by atoms with Crippen LogP contribution in [-0.2, 0) is 6.42 Å². The van der Waals surface area contributed by atoms with E-state index in [2.05, 4.69) is 12.2 Å². The highest BCUT2D eigenvalue weighted by Gasteiger charge is 2.18. The van der Waals surface area contributed by atoms with Crippen LogP contribution in [0.5, 0.6) is 5.75 Å². The fraction of sp³-hybridized carbons (Fsp3) is 0.235. The Bertz CT molecular complexity index is 622. The van der Waals surface area contributed by atoms with Crippen molar-refractivity contribution in [2.45, 2.75) is 19.4 Å². The van der Waals surface area contributed by atoms with Gasteiger partial charge in [-0.1, -0.05) is 18.2 Å². The highest BCUT2D eigenvalue weighted by molar-refractivity contribution is 5.98. The Kier molecular flexibility index (Phi) is 3.42. The van der Waals surface area contributed by atoms with Crippen LogP contribution in [0.25, 0.3) is 0 Å². The van der Waals surface area contributed by atoms with Gasteiger partial charge in [0.25, 0.3) is 0 Å². The number of para-hydroxylation sites is 1. The first-order valence-electron chi connectivity index (χ1n) is 6.83. The van der Waals surface area contributed by atoms with E-state index in [1.807, 2.05) is 48.5 Å². The van der Waals surface area contributed by atoms with E-state index >= 15 is 0 Å². The number of Topliss-reactive ketones (excluding diaryl/α,β-unsaturated/α-hetero) is 1. The molecule has 3 nitrogen and oxygen atoms in total. The van der Waals surface area contributed by atoms with E-state index in [9.17, 15) is 4.79 Å². The van der Waals surface area contributed by atoms with Crippen molar-refractivity contribution in [1.29, 1.82) is 0 Å². The molecule has 1 N–H and O–H groups in total. The largest absolute Gasteiger partial charge is 0.485 e. The van der Waals surface area contributed by atoms with Crippen molar-refractivity contribution in [2.75, 3.05) is 11.9 Å². The molecule has 2 aromatic carbocycles. The molecule has 0 spiro atoms. The summed E-state index contributed by atoms with van der Waals surface area (Å²) in [5, 5.41) is 3.38. The third-order valence-electron chi connectivity index (χ3n) is 3.47. The first-order valence-corrected chi connectivity index (χ1v) is 6.83. The van der Waals surface area contributed by atoms with Crippen molar-refractivity contribution >= 4 is 11.5 Å². The molecule has 0 amide bonds. The molecule has 1 unspecified atom stereocenters. The number of rotatable bonds is 4. The van der Waals surface area contributed by atoms with Crippen LogP contribution in [0.4, 0.5) is 5.69 Å². The minimum atomic E-state index is 0.0104. The van der Waals surface area contributed by atoms with Gasteiger partial charge >= 0.3 is 0 Å². The van der Waals surface area contributed by atoms with Crippen LogP contribution in [0.3, 0.4) is 0 Å². The lowest BCUT2D eigenvalue weighted by atomic mass is 10.0. The van der Waals surface area contributed by atoms with Gasteiger partial charge in [0.2, 0.25) is 0 Å². The van der Waals surface area contributed by atoms with Gasteiger partial charge in [0.05, 0.1) is 0 Å². The zero-order valence-electron chi connectivity index (χ0n) is 11.4. The molecule has 1 heterocycles. The van der Waals surface area contributed by atoms with E-state index in [1.54, 1.807) is 0 Å². The van der Waals surface area contributed by atoms with E-state index in [1.165, 1.54) is 5.56 Å². The number of hydrogen-bond acceptors (Lipinski definition) is 3. The van der Waals surface area contributed by atoms with E-state index in [4.69, 9.17) is 4.74 Å². The molecule has 0 saturated carbocycles. The summed E-state index contributed by atoms with van der Waals surface area (Å²) >= 11 is 0. The molecule has 2 aromatic rings. The van der Waals surface area contributed by atoms with Crippen molar-refractivity contribution in [3.8, 4) is 5.75 Å². The van der Waals surface area contributed by atoms with Gasteiger partial charge in [-0.2, -0.15) is 0 Å². The monoisotopic (exact) mass is 267 g/mol. The summed E-state index contributed by atoms with van der Waals surface area (Å²) < 4.78 is 5.50. The maximum atomic E-state index is 12.2. The molecule has 3 rings (SSSR count). The second-order valence-corrected chi connectivity index (χ2v) is 5.15. The summed E-state index contributed by atoms with van der Waals surface area (Å²) in [7, 11) is 0. The maximum Gasteiger partial charge on any atom is 0.200 e. The lowest BCUT2D eigenvalue weighted by Crippen LogP contribution is -2.11. The number of anilines is 1. The van der Waals surface area contributed by atoms with Crippen LogP contribution in [0.15, 0.2) is 48.5 Å². The van der Waals surface area contributed by atoms with Crippen LogP contribution in [-0.4, -0.2) is 18.4 Å². The minimum Gasteiger partial charge on any atom is -0.485 e. The summed E-state index contributed by atoms with van der Waals surface area (Å²) in [6.07, 6.45) is 0.968. The van der Waals surface area contributed by atoms with E-state index < -0.39 is 0 Å². The summed E-state index contributed by atoms with van der Waals surface area (Å²) in [4.78, 5) is 12.2. The Morgan fingerprint density at radius 1 is 1.25 bits per heavy atom. The topological polar surface area (TPSA) is 38.3 Å². The number of ether oxygens (including phenoxy) is 1. The Labute approximate surface area is 118 Å². The number of benzene rings is 2. The van der Waals surface area contributed by atoms with Gasteiger partial charge in [0.1, 0.15) is 5.75 Å². The molecule has 3 heteroatoms. The fourth-order valence-electron chi connectivity index (χ4n) is 2.47. The van der Waals surface area contributed by atoms with Crippen molar-refractivity contribution < 1.29 is 9.53 Å². The molecule has 0 fully saturated rings. The SMILES string of the molecule is CC1Cc2cc(C(=O)COc3ccccc3)ccc2N1. The zero-order valence-corrected chi connectivity index (χ0v) is 11.4. The van der Waals surface area contributed by atoms with Crippen molar-refractivity contribution in [1.82, 2.24) is 0 Å². The standard InChI is InChI=1S/C17H17NO2/c1-12-9-14-10-13(7-8-16(14)18-12)17(19)11-20-15-5-3-2-4-6-15/h2-8,10,12,18H,9,11H2,1H3. The minimum absolute atomic E-state index is 0.0104. The quantitative estimate of drug-likeness (QED) is 0.864. The van der Waals surface area contributed by atoms with Crippen LogP contribution >= 0.6 is 0 Å². The molecule has 1 aliphatic rings. The van der Waals surface area contributed by atoms with Gasteiger partial charge < -0.3 is 10.1 Å². The third-order valence-corrected chi connectivity index (χ3v) is 3.47. The number of carbonyl (C=O) groups excluding carboxylic acids is 1. The lowest BCUT2D eigenvalue weighted by molar-refractivity contribution is 0.0921. The zero-order chi connectivity index (χ0) is 13.9. The van der Waals surface area contributed by atoms with E-state index in [0.717, 1.165) is 23.4 Å². The Morgan fingerprint density at radius 3 is 2.85 bits per heavy atom. The number of hydrogen-bond donors (Lipinski definition) is 1. The molecule has 20 heavy (non-hydrogen) atoms. The molecule has 0 radical (unpaired) electrons. The van der Waals surface area contributed by atoms with E-state index in [0.29, 0.717) is 6.04 Å². The predicted molar refractivity (Wildman–Crippen MR) is 79.5 cm³/mol. The summed E-state index contributed by atoms with van der Waals surface area (Å²) in [5.74, 6) is 0.730. The molecule has 0 bridgehead atoms. The third kappa shape index (κ3) is 2.67. The Hall–Kier alpha value is -2.29. The molecule has 1 aliphatic heterocycles. The van der Waals surface area contributed by atoms with Crippen molar-refractivity contribution in [2.24, 2.45) is 0 Å². The predicted octanol–water partition coefficient (Wildman–Crippen LogP) is 3.30. The number of nitrogens with one attached hydrogen (secondary N) is 1. The van der Waals surface area contributed by atoms with Crippen molar-refractivity contribution in [3.63, 3.8) is 0 Å². The van der Waals surface area contributed by atoms with E-state index in [-0.39, 0.29) is 12.4 Å². The van der Waals surface area contributed by atoms with Gasteiger partial charge in [0, 0.05) is 17.3 Å². The lowest BCUT2D eigenvalue weighted by Gasteiger charge is -2.06. The molecule has 0 aromatic heterocycles. The van der Waals surface area contributed by atoms with Crippen molar-refractivity contribution in [3.05, 3.63) is 59.7 Å². The first-order chi connectivity index (χ1) is 9.72. The number of carbonyl (C=O) groups is 1. The maximum absolute atomic E-state index is 12.2. The summed E-state index contributed by atoms with van der Waals surface area (Å²) in [6.45, 7) is 2.21. The van der Waals surface area contributed by atoms with Gasteiger partial charge in [-0.25, -0.2) is 0 Å². The Morgan fingerprint density at radius 2 is 2.05 bits per heavy atom. The molecule has 1 atom stereocenters. The molecular weight excluding hydrogens is 250 g/mol. The molecule has 0 saturated heterocycles. The van der Waals surface area contributed by atoms with Crippen LogP contribution in [0, 0.1) is 0 Å². The highest BCUT2D eigenvalue weighted by Crippen LogP contribution is 2.26. The van der Waals surface area contributed by atoms with Crippen LogP contribution in [0.2, 0.25) is 0 Å². The van der Waals surface area contributed by atoms with Gasteiger partial charge in [-0.3, -0.25) is 4.79 Å². The number of fused-ring (bicyclic) bond motifs is 1. The number of ketones is 1. The van der Waals surface area contributed by atoms with Crippen LogP contribution < -0.4 is 10.1 Å². The fourth-order valence-corrected chi connectivity index (χ4v) is 2.47. The Balaban J connectivity index is 1.68.